The molecule has 0 aliphatic carbocycles. The molecule has 0 spiro atoms. The number of fused-ring (bicyclic) bond motifs is 3. The Bertz CT molecular complexity index is 1190. The summed E-state index contributed by atoms with van der Waals surface area (Å²) in [4.78, 5) is 24.9. The number of benzene rings is 2. The molecule has 2 aromatic heterocycles. The van der Waals surface area contributed by atoms with E-state index in [2.05, 4.69) is 10.2 Å². The van der Waals surface area contributed by atoms with E-state index in [9.17, 15) is 9.59 Å². The standard InChI is InChI=1S/C19H16N4O2S/c1-12-7-9-13(10-8-12)16(24)11-26-19-21-20-18-22(2)17(25)14-5-3-4-6-15(14)23(18)19/h3-10H,11H2,1-2H3. The minimum absolute atomic E-state index is 0.0286. The van der Waals surface area contributed by atoms with Crippen LogP contribution in [0.5, 0.6) is 0 Å². The first kappa shape index (κ1) is 16.5. The maximum absolute atomic E-state index is 12.5. The number of hydrogen-bond acceptors (Lipinski definition) is 5. The summed E-state index contributed by atoms with van der Waals surface area (Å²) in [5, 5.41) is 9.51. The number of carbonyl (C=O) groups is 1. The van der Waals surface area contributed by atoms with Crippen LogP contribution in [0.3, 0.4) is 0 Å². The highest BCUT2D eigenvalue weighted by Gasteiger charge is 2.16. The maximum Gasteiger partial charge on any atom is 0.262 e. The van der Waals surface area contributed by atoms with Gasteiger partial charge in [-0.05, 0) is 19.1 Å². The predicted molar refractivity (Wildman–Crippen MR) is 102 cm³/mol. The lowest BCUT2D eigenvalue weighted by Crippen LogP contribution is -2.20. The highest BCUT2D eigenvalue weighted by atomic mass is 32.2. The highest BCUT2D eigenvalue weighted by molar-refractivity contribution is 7.99. The van der Waals surface area contributed by atoms with Crippen LogP contribution >= 0.6 is 11.8 Å². The van der Waals surface area contributed by atoms with Crippen molar-refractivity contribution in [3.05, 3.63) is 70.0 Å². The topological polar surface area (TPSA) is 69.3 Å². The van der Waals surface area contributed by atoms with Crippen molar-refractivity contribution in [1.29, 1.82) is 0 Å². The molecule has 4 rings (SSSR count). The van der Waals surface area contributed by atoms with Gasteiger partial charge in [-0.2, -0.15) is 0 Å². The molecule has 2 heterocycles. The molecular formula is C19H16N4O2S. The summed E-state index contributed by atoms with van der Waals surface area (Å²) in [6, 6.07) is 14.8. The van der Waals surface area contributed by atoms with Crippen LogP contribution in [0.25, 0.3) is 16.7 Å². The van der Waals surface area contributed by atoms with Crippen LogP contribution in [0, 0.1) is 6.92 Å². The van der Waals surface area contributed by atoms with Crippen molar-refractivity contribution in [3.63, 3.8) is 0 Å². The third kappa shape index (κ3) is 2.70. The molecule has 0 saturated carbocycles. The largest absolute Gasteiger partial charge is 0.293 e. The zero-order valence-electron chi connectivity index (χ0n) is 14.3. The fourth-order valence-corrected chi connectivity index (χ4v) is 3.69. The molecule has 0 saturated heterocycles. The first-order valence-electron chi connectivity index (χ1n) is 8.12. The van der Waals surface area contributed by atoms with Gasteiger partial charge in [0.05, 0.1) is 16.7 Å². The van der Waals surface area contributed by atoms with Crippen molar-refractivity contribution >= 4 is 34.2 Å². The Morgan fingerprint density at radius 2 is 1.81 bits per heavy atom. The third-order valence-corrected chi connectivity index (χ3v) is 5.23. The summed E-state index contributed by atoms with van der Waals surface area (Å²) < 4.78 is 3.30. The third-order valence-electron chi connectivity index (χ3n) is 4.30. The van der Waals surface area contributed by atoms with Gasteiger partial charge in [0.15, 0.2) is 10.9 Å². The summed E-state index contributed by atoms with van der Waals surface area (Å²) in [6.07, 6.45) is 0. The van der Waals surface area contributed by atoms with Crippen LogP contribution in [0.4, 0.5) is 0 Å². The van der Waals surface area contributed by atoms with Crippen molar-refractivity contribution < 1.29 is 4.79 Å². The Kier molecular flexibility index (Phi) is 4.08. The Morgan fingerprint density at radius 3 is 2.58 bits per heavy atom. The molecule has 0 amide bonds. The van der Waals surface area contributed by atoms with Crippen LogP contribution in [0.1, 0.15) is 15.9 Å². The number of aryl methyl sites for hydroxylation is 2. The minimum Gasteiger partial charge on any atom is -0.293 e. The lowest BCUT2D eigenvalue weighted by atomic mass is 10.1. The summed E-state index contributed by atoms with van der Waals surface area (Å²) in [7, 11) is 1.67. The first-order valence-corrected chi connectivity index (χ1v) is 9.10. The van der Waals surface area contributed by atoms with E-state index in [1.165, 1.54) is 16.3 Å². The van der Waals surface area contributed by atoms with Crippen molar-refractivity contribution in [1.82, 2.24) is 19.2 Å². The second kappa shape index (κ2) is 6.42. The van der Waals surface area contributed by atoms with E-state index in [-0.39, 0.29) is 17.1 Å². The van der Waals surface area contributed by atoms with E-state index in [1.54, 1.807) is 13.1 Å². The molecule has 6 nitrogen and oxygen atoms in total. The molecule has 0 unspecified atom stereocenters. The first-order chi connectivity index (χ1) is 12.6. The van der Waals surface area contributed by atoms with Crippen molar-refractivity contribution in [2.75, 3.05) is 5.75 Å². The Balaban J connectivity index is 1.72. The lowest BCUT2D eigenvalue weighted by Gasteiger charge is -2.07. The molecule has 0 aliphatic heterocycles. The SMILES string of the molecule is Cc1ccc(C(=O)CSc2nnc3n(C)c(=O)c4ccccc4n23)cc1. The molecule has 0 atom stereocenters. The van der Waals surface area contributed by atoms with Crippen LogP contribution in [-0.4, -0.2) is 30.7 Å². The zero-order valence-corrected chi connectivity index (χ0v) is 15.2. The molecular weight excluding hydrogens is 348 g/mol. The van der Waals surface area contributed by atoms with Crippen molar-refractivity contribution in [3.8, 4) is 0 Å². The van der Waals surface area contributed by atoms with Gasteiger partial charge in [0.25, 0.3) is 5.56 Å². The van der Waals surface area contributed by atoms with Gasteiger partial charge in [-0.1, -0.05) is 53.7 Å². The van der Waals surface area contributed by atoms with E-state index in [0.717, 1.165) is 11.1 Å². The van der Waals surface area contributed by atoms with Gasteiger partial charge >= 0.3 is 0 Å². The molecule has 0 aliphatic rings. The molecule has 0 bridgehead atoms. The van der Waals surface area contributed by atoms with Gasteiger partial charge in [-0.15, -0.1) is 10.2 Å². The van der Waals surface area contributed by atoms with E-state index in [4.69, 9.17) is 0 Å². The molecule has 4 aromatic rings. The number of rotatable bonds is 4. The Hall–Kier alpha value is -2.93. The quantitative estimate of drug-likeness (QED) is 0.411. The number of para-hydroxylation sites is 1. The number of ketones is 1. The second-order valence-electron chi connectivity index (χ2n) is 6.08. The summed E-state index contributed by atoms with van der Waals surface area (Å²) >= 11 is 1.32. The van der Waals surface area contributed by atoms with E-state index in [0.29, 0.717) is 21.9 Å². The summed E-state index contributed by atoms with van der Waals surface area (Å²) in [6.45, 7) is 1.99. The fraction of sp³-hybridized carbons (Fsp3) is 0.158. The van der Waals surface area contributed by atoms with Crippen molar-refractivity contribution in [2.45, 2.75) is 12.1 Å². The average molecular weight is 364 g/mol. The van der Waals surface area contributed by atoms with E-state index < -0.39 is 0 Å². The number of nitrogens with zero attached hydrogens (tertiary/aromatic N) is 4. The summed E-state index contributed by atoms with van der Waals surface area (Å²) in [5.74, 6) is 0.737. The number of aromatic nitrogens is 4. The molecule has 0 N–H and O–H groups in total. The second-order valence-corrected chi connectivity index (χ2v) is 7.02. The smallest absolute Gasteiger partial charge is 0.262 e. The maximum atomic E-state index is 12.5. The Morgan fingerprint density at radius 1 is 1.08 bits per heavy atom. The number of carbonyl (C=O) groups excluding carboxylic acids is 1. The van der Waals surface area contributed by atoms with E-state index >= 15 is 0 Å². The van der Waals surface area contributed by atoms with Crippen LogP contribution in [-0.2, 0) is 7.05 Å². The number of hydrogen-bond donors (Lipinski definition) is 0. The molecule has 0 fully saturated rings. The average Bonchev–Trinajstić information content (AvgIpc) is 3.09. The van der Waals surface area contributed by atoms with Gasteiger partial charge in [0.1, 0.15) is 0 Å². The lowest BCUT2D eigenvalue weighted by molar-refractivity contribution is 0.102. The van der Waals surface area contributed by atoms with Gasteiger partial charge in [0.2, 0.25) is 5.78 Å². The van der Waals surface area contributed by atoms with Gasteiger partial charge in [-0.3, -0.25) is 18.6 Å². The zero-order chi connectivity index (χ0) is 18.3. The number of thioether (sulfide) groups is 1. The Labute approximate surface area is 153 Å². The van der Waals surface area contributed by atoms with Crippen LogP contribution in [0.2, 0.25) is 0 Å². The van der Waals surface area contributed by atoms with Crippen LogP contribution in [0.15, 0.2) is 58.5 Å². The molecule has 0 radical (unpaired) electrons. The molecule has 7 heteroatoms. The normalized spacial score (nSPS) is 11.3. The van der Waals surface area contributed by atoms with Gasteiger partial charge in [-0.25, -0.2) is 0 Å². The summed E-state index contributed by atoms with van der Waals surface area (Å²) in [5.41, 5.74) is 2.41. The van der Waals surface area contributed by atoms with Gasteiger partial charge < -0.3 is 0 Å². The number of Topliss-reactive ketones (excluding diaryl/α,β-unsaturated/α-hetero) is 1. The molecule has 130 valence electrons. The monoisotopic (exact) mass is 364 g/mol. The predicted octanol–water partition coefficient (Wildman–Crippen LogP) is 2.86. The van der Waals surface area contributed by atoms with Crippen molar-refractivity contribution in [2.24, 2.45) is 7.05 Å². The molecule has 26 heavy (non-hydrogen) atoms. The fourth-order valence-electron chi connectivity index (χ4n) is 2.86. The van der Waals surface area contributed by atoms with E-state index in [1.807, 2.05) is 53.8 Å². The molecule has 2 aromatic carbocycles. The minimum atomic E-state index is -0.118. The van der Waals surface area contributed by atoms with Crippen LogP contribution < -0.4 is 5.56 Å². The van der Waals surface area contributed by atoms with Gasteiger partial charge in [0, 0.05) is 12.6 Å². The highest BCUT2D eigenvalue weighted by Crippen LogP contribution is 2.22.